The predicted octanol–water partition coefficient (Wildman–Crippen LogP) is 2.37. The molecular formula is C19H24ClN3O4. The number of nitrogens with one attached hydrogen (secondary N) is 2. The Bertz CT molecular complexity index is 776. The molecule has 0 spiro atoms. The first-order valence-electron chi connectivity index (χ1n) is 8.65. The zero-order valence-corrected chi connectivity index (χ0v) is 16.6. The van der Waals surface area contributed by atoms with Crippen LogP contribution in [0.25, 0.3) is 0 Å². The summed E-state index contributed by atoms with van der Waals surface area (Å²) in [5.74, 6) is -0.791. The number of Topliss-reactive ketones (excluding diaryl/α,β-unsaturated/α-hetero) is 1. The molecule has 1 fully saturated rings. The summed E-state index contributed by atoms with van der Waals surface area (Å²) in [7, 11) is 0. The van der Waals surface area contributed by atoms with Crippen molar-refractivity contribution < 1.29 is 19.2 Å². The van der Waals surface area contributed by atoms with Gasteiger partial charge in [0.1, 0.15) is 11.3 Å². The van der Waals surface area contributed by atoms with E-state index in [0.717, 1.165) is 4.90 Å². The van der Waals surface area contributed by atoms with E-state index in [1.54, 1.807) is 45.0 Å². The smallest absolute Gasteiger partial charge is 0.325 e. The van der Waals surface area contributed by atoms with Gasteiger partial charge in [-0.25, -0.2) is 4.79 Å². The van der Waals surface area contributed by atoms with Crippen molar-refractivity contribution in [1.29, 1.82) is 0 Å². The number of carbonyl (C=O) groups excluding carboxylic acids is 4. The van der Waals surface area contributed by atoms with Gasteiger partial charge in [0.2, 0.25) is 5.91 Å². The fourth-order valence-corrected chi connectivity index (χ4v) is 3.32. The average Bonchev–Trinajstić information content (AvgIpc) is 2.74. The molecule has 4 amide bonds. The molecule has 1 saturated heterocycles. The van der Waals surface area contributed by atoms with Crippen molar-refractivity contribution in [1.82, 2.24) is 15.5 Å². The van der Waals surface area contributed by atoms with E-state index in [0.29, 0.717) is 10.6 Å². The van der Waals surface area contributed by atoms with Gasteiger partial charge < -0.3 is 10.6 Å². The fourth-order valence-electron chi connectivity index (χ4n) is 3.20. The second-order valence-corrected chi connectivity index (χ2v) is 8.02. The Morgan fingerprint density at radius 2 is 1.81 bits per heavy atom. The van der Waals surface area contributed by atoms with Crippen molar-refractivity contribution in [3.8, 4) is 0 Å². The summed E-state index contributed by atoms with van der Waals surface area (Å²) in [6.45, 7) is 6.52. The molecule has 0 saturated carbocycles. The first kappa shape index (κ1) is 20.9. The molecular weight excluding hydrogens is 370 g/mol. The molecule has 1 aromatic carbocycles. The SMILES string of the molecule is CC(=O)CC(C)(C)NC(=O)CCN1C(=O)N[C@](C)(c2ccc(Cl)cc2)C1=O. The van der Waals surface area contributed by atoms with Crippen LogP contribution in [0.2, 0.25) is 5.02 Å². The average molecular weight is 394 g/mol. The first-order valence-corrected chi connectivity index (χ1v) is 9.03. The molecule has 146 valence electrons. The molecule has 0 radical (unpaired) electrons. The van der Waals surface area contributed by atoms with Crippen LogP contribution in [-0.4, -0.2) is 40.6 Å². The fraction of sp³-hybridized carbons (Fsp3) is 0.474. The number of imide groups is 1. The zero-order chi connectivity index (χ0) is 20.4. The Hall–Kier alpha value is -2.41. The molecule has 0 bridgehead atoms. The lowest BCUT2D eigenvalue weighted by molar-refractivity contribution is -0.131. The van der Waals surface area contributed by atoms with Crippen molar-refractivity contribution >= 4 is 35.2 Å². The molecule has 0 unspecified atom stereocenters. The highest BCUT2D eigenvalue weighted by Gasteiger charge is 2.48. The summed E-state index contributed by atoms with van der Waals surface area (Å²) < 4.78 is 0. The maximum Gasteiger partial charge on any atom is 0.325 e. The topological polar surface area (TPSA) is 95.6 Å². The Labute approximate surface area is 163 Å². The van der Waals surface area contributed by atoms with Gasteiger partial charge in [0.05, 0.1) is 0 Å². The van der Waals surface area contributed by atoms with Gasteiger partial charge in [0.25, 0.3) is 5.91 Å². The molecule has 2 rings (SSSR count). The number of hydrogen-bond acceptors (Lipinski definition) is 4. The quantitative estimate of drug-likeness (QED) is 0.695. The van der Waals surface area contributed by atoms with Crippen LogP contribution < -0.4 is 10.6 Å². The van der Waals surface area contributed by atoms with Gasteiger partial charge in [-0.05, 0) is 45.4 Å². The highest BCUT2D eigenvalue weighted by Crippen LogP contribution is 2.29. The predicted molar refractivity (Wildman–Crippen MR) is 101 cm³/mol. The van der Waals surface area contributed by atoms with Crippen LogP contribution in [0.15, 0.2) is 24.3 Å². The minimum atomic E-state index is -1.20. The van der Waals surface area contributed by atoms with Crippen LogP contribution in [0.3, 0.4) is 0 Å². The first-order chi connectivity index (χ1) is 12.4. The third kappa shape index (κ3) is 4.86. The highest BCUT2D eigenvalue weighted by atomic mass is 35.5. The molecule has 2 N–H and O–H groups in total. The van der Waals surface area contributed by atoms with Crippen molar-refractivity contribution in [2.24, 2.45) is 0 Å². The molecule has 0 aromatic heterocycles. The maximum absolute atomic E-state index is 12.8. The summed E-state index contributed by atoms with van der Waals surface area (Å²) in [6, 6.07) is 6.11. The van der Waals surface area contributed by atoms with E-state index in [1.165, 1.54) is 6.92 Å². The van der Waals surface area contributed by atoms with Gasteiger partial charge >= 0.3 is 6.03 Å². The van der Waals surface area contributed by atoms with E-state index in [9.17, 15) is 19.2 Å². The third-order valence-corrected chi connectivity index (χ3v) is 4.68. The summed E-state index contributed by atoms with van der Waals surface area (Å²) in [5.41, 5.74) is -1.27. The number of hydrogen-bond donors (Lipinski definition) is 2. The monoisotopic (exact) mass is 393 g/mol. The molecule has 0 aliphatic carbocycles. The standard InChI is InChI=1S/C19H24ClN3O4/c1-12(24)11-18(2,3)21-15(25)9-10-23-16(26)19(4,22-17(23)27)13-5-7-14(20)8-6-13/h5-8H,9-11H2,1-4H3,(H,21,25)(H,22,27)/t19-/m1/s1. The molecule has 1 aliphatic rings. The van der Waals surface area contributed by atoms with Gasteiger partial charge in [0.15, 0.2) is 0 Å². The zero-order valence-electron chi connectivity index (χ0n) is 15.9. The second-order valence-electron chi connectivity index (χ2n) is 7.58. The number of carbonyl (C=O) groups is 4. The molecule has 1 atom stereocenters. The van der Waals surface area contributed by atoms with Crippen LogP contribution >= 0.6 is 11.6 Å². The molecule has 1 aromatic rings. The summed E-state index contributed by atoms with van der Waals surface area (Å²) >= 11 is 5.88. The van der Waals surface area contributed by atoms with Crippen LogP contribution in [0.5, 0.6) is 0 Å². The maximum atomic E-state index is 12.8. The van der Waals surface area contributed by atoms with E-state index < -0.39 is 23.0 Å². The minimum absolute atomic E-state index is 0.0341. The van der Waals surface area contributed by atoms with E-state index in [1.807, 2.05) is 0 Å². The lowest BCUT2D eigenvalue weighted by atomic mass is 9.92. The Morgan fingerprint density at radius 3 is 2.37 bits per heavy atom. The Kier molecular flexibility index (Phi) is 5.94. The molecule has 8 heteroatoms. The number of ketones is 1. The number of halogens is 1. The summed E-state index contributed by atoms with van der Waals surface area (Å²) in [4.78, 5) is 49.5. The summed E-state index contributed by atoms with van der Waals surface area (Å²) in [6.07, 6.45) is 0.160. The van der Waals surface area contributed by atoms with Gasteiger partial charge in [0, 0.05) is 29.9 Å². The highest BCUT2D eigenvalue weighted by molar-refractivity contribution is 6.30. The Morgan fingerprint density at radius 1 is 1.22 bits per heavy atom. The van der Waals surface area contributed by atoms with Crippen molar-refractivity contribution in [2.45, 2.75) is 51.6 Å². The van der Waals surface area contributed by atoms with E-state index in [2.05, 4.69) is 10.6 Å². The van der Waals surface area contributed by atoms with E-state index in [-0.39, 0.29) is 31.1 Å². The lowest BCUT2D eigenvalue weighted by Gasteiger charge is -2.25. The number of urea groups is 1. The van der Waals surface area contributed by atoms with Crippen LogP contribution in [0.1, 0.15) is 46.1 Å². The second kappa shape index (κ2) is 7.68. The van der Waals surface area contributed by atoms with E-state index >= 15 is 0 Å². The lowest BCUT2D eigenvalue weighted by Crippen LogP contribution is -2.46. The van der Waals surface area contributed by atoms with Gasteiger partial charge in [-0.15, -0.1) is 0 Å². The molecule has 1 heterocycles. The third-order valence-electron chi connectivity index (χ3n) is 4.43. The Balaban J connectivity index is 2.02. The van der Waals surface area contributed by atoms with Crippen molar-refractivity contribution in [3.63, 3.8) is 0 Å². The number of amides is 4. The van der Waals surface area contributed by atoms with Crippen LogP contribution in [-0.2, 0) is 19.9 Å². The number of benzene rings is 1. The van der Waals surface area contributed by atoms with Crippen molar-refractivity contribution in [2.75, 3.05) is 6.54 Å². The number of nitrogens with zero attached hydrogens (tertiary/aromatic N) is 1. The largest absolute Gasteiger partial charge is 0.351 e. The molecule has 1 aliphatic heterocycles. The van der Waals surface area contributed by atoms with Gasteiger partial charge in [-0.3, -0.25) is 19.3 Å². The molecule has 7 nitrogen and oxygen atoms in total. The van der Waals surface area contributed by atoms with Crippen LogP contribution in [0, 0.1) is 0 Å². The van der Waals surface area contributed by atoms with Gasteiger partial charge in [-0.1, -0.05) is 23.7 Å². The molecule has 27 heavy (non-hydrogen) atoms. The van der Waals surface area contributed by atoms with E-state index in [4.69, 9.17) is 11.6 Å². The summed E-state index contributed by atoms with van der Waals surface area (Å²) in [5, 5.41) is 5.97. The minimum Gasteiger partial charge on any atom is -0.351 e. The number of rotatable bonds is 7. The van der Waals surface area contributed by atoms with Crippen molar-refractivity contribution in [3.05, 3.63) is 34.9 Å². The van der Waals surface area contributed by atoms with Gasteiger partial charge in [-0.2, -0.15) is 0 Å². The van der Waals surface area contributed by atoms with Crippen LogP contribution in [0.4, 0.5) is 4.79 Å². The normalized spacial score (nSPS) is 19.8.